The van der Waals surface area contributed by atoms with E-state index in [1.54, 1.807) is 7.11 Å². The number of aryl methyl sites for hydroxylation is 1. The lowest BCUT2D eigenvalue weighted by Crippen LogP contribution is -3.09. The van der Waals surface area contributed by atoms with Gasteiger partial charge in [0.05, 0.1) is 25.8 Å². The molecular formula is C21H24N3O2+. The van der Waals surface area contributed by atoms with Gasteiger partial charge < -0.3 is 14.8 Å². The van der Waals surface area contributed by atoms with Gasteiger partial charge in [-0.25, -0.2) is 0 Å². The normalized spacial score (nSPS) is 15.2. The van der Waals surface area contributed by atoms with Crippen molar-refractivity contribution in [1.82, 2.24) is 4.98 Å². The van der Waals surface area contributed by atoms with Crippen LogP contribution >= 0.6 is 0 Å². The van der Waals surface area contributed by atoms with E-state index in [-0.39, 0.29) is 0 Å². The summed E-state index contributed by atoms with van der Waals surface area (Å²) in [5.74, 6) is 0.831. The fraction of sp³-hybridized carbons (Fsp3) is 0.286. The topological polar surface area (TPSA) is 47.8 Å². The number of morpholine rings is 1. The van der Waals surface area contributed by atoms with Gasteiger partial charge in [0.1, 0.15) is 24.5 Å². The van der Waals surface area contributed by atoms with Gasteiger partial charge >= 0.3 is 0 Å². The molecule has 1 aromatic heterocycles. The molecule has 2 N–H and O–H groups in total. The molecule has 0 radical (unpaired) electrons. The Hall–Kier alpha value is -2.63. The quantitative estimate of drug-likeness (QED) is 0.760. The van der Waals surface area contributed by atoms with Crippen molar-refractivity contribution in [3.63, 3.8) is 0 Å². The fourth-order valence-electron chi connectivity index (χ4n) is 3.42. The van der Waals surface area contributed by atoms with Gasteiger partial charge in [-0.2, -0.15) is 0 Å². The molecule has 5 heteroatoms. The van der Waals surface area contributed by atoms with E-state index >= 15 is 0 Å². The zero-order chi connectivity index (χ0) is 17.9. The summed E-state index contributed by atoms with van der Waals surface area (Å²) in [5.41, 5.74) is 5.37. The Labute approximate surface area is 153 Å². The Morgan fingerprint density at radius 3 is 2.54 bits per heavy atom. The van der Waals surface area contributed by atoms with E-state index in [0.29, 0.717) is 0 Å². The smallest absolute Gasteiger partial charge is 0.131 e. The van der Waals surface area contributed by atoms with Crippen LogP contribution in [0.15, 0.2) is 48.5 Å². The van der Waals surface area contributed by atoms with E-state index in [2.05, 4.69) is 40.6 Å². The number of nitrogens with one attached hydrogen (secondary N) is 2. The van der Waals surface area contributed by atoms with E-state index in [0.717, 1.165) is 60.0 Å². The van der Waals surface area contributed by atoms with Gasteiger partial charge in [0, 0.05) is 34.6 Å². The molecule has 0 aliphatic carbocycles. The third-order valence-corrected chi connectivity index (χ3v) is 4.81. The highest BCUT2D eigenvalue weighted by Gasteiger charge is 2.16. The molecule has 0 amide bonds. The first-order chi connectivity index (χ1) is 12.7. The van der Waals surface area contributed by atoms with E-state index in [1.165, 1.54) is 10.6 Å². The summed E-state index contributed by atoms with van der Waals surface area (Å²) in [5, 5.41) is 4.59. The zero-order valence-electron chi connectivity index (χ0n) is 15.2. The SMILES string of the molecule is COc1ccc2nc(C)cc(Nc3ccc([NH+]4CCOCC4)cc3)c2c1. The first kappa shape index (κ1) is 16.8. The molecule has 2 aromatic carbocycles. The number of pyridine rings is 1. The van der Waals surface area contributed by atoms with Crippen LogP contribution in [-0.2, 0) is 4.74 Å². The van der Waals surface area contributed by atoms with Gasteiger partial charge in [-0.1, -0.05) is 0 Å². The Kier molecular flexibility index (Phi) is 4.73. The highest BCUT2D eigenvalue weighted by atomic mass is 16.5. The second-order valence-electron chi connectivity index (χ2n) is 6.61. The minimum atomic E-state index is 0.831. The molecule has 2 heterocycles. The Morgan fingerprint density at radius 1 is 1.04 bits per heavy atom. The first-order valence-electron chi connectivity index (χ1n) is 8.98. The van der Waals surface area contributed by atoms with Crippen LogP contribution in [0.4, 0.5) is 17.1 Å². The van der Waals surface area contributed by atoms with E-state index < -0.39 is 0 Å². The van der Waals surface area contributed by atoms with Crippen LogP contribution in [-0.4, -0.2) is 38.4 Å². The lowest BCUT2D eigenvalue weighted by atomic mass is 10.1. The average molecular weight is 350 g/mol. The molecule has 1 aliphatic rings. The van der Waals surface area contributed by atoms with Crippen LogP contribution < -0.4 is 15.0 Å². The summed E-state index contributed by atoms with van der Waals surface area (Å²) in [4.78, 5) is 6.10. The number of anilines is 2. The molecule has 0 atom stereocenters. The predicted molar refractivity (Wildman–Crippen MR) is 104 cm³/mol. The van der Waals surface area contributed by atoms with Crippen molar-refractivity contribution in [2.24, 2.45) is 0 Å². The lowest BCUT2D eigenvalue weighted by molar-refractivity contribution is -0.842. The molecular weight excluding hydrogens is 326 g/mol. The third-order valence-electron chi connectivity index (χ3n) is 4.81. The van der Waals surface area contributed by atoms with Crippen LogP contribution in [0.1, 0.15) is 5.69 Å². The maximum Gasteiger partial charge on any atom is 0.131 e. The Bertz CT molecular complexity index is 903. The largest absolute Gasteiger partial charge is 0.497 e. The standard InChI is InChI=1S/C21H23N3O2/c1-15-13-21(19-14-18(25-2)7-8-20(19)22-15)23-16-3-5-17(6-4-16)24-9-11-26-12-10-24/h3-8,13-14H,9-12H2,1-2H3,(H,22,23)/p+1. The Balaban J connectivity index is 1.62. The molecule has 1 fully saturated rings. The summed E-state index contributed by atoms with van der Waals surface area (Å²) in [6, 6.07) is 16.7. The number of hydrogen-bond acceptors (Lipinski definition) is 4. The number of methoxy groups -OCH3 is 1. The van der Waals surface area contributed by atoms with Crippen molar-refractivity contribution in [1.29, 1.82) is 0 Å². The number of benzene rings is 2. The molecule has 1 aliphatic heterocycles. The minimum absolute atomic E-state index is 0.831. The van der Waals surface area contributed by atoms with Crippen LogP contribution in [0, 0.1) is 6.92 Å². The number of ether oxygens (including phenoxy) is 2. The van der Waals surface area contributed by atoms with Gasteiger partial charge in [0.2, 0.25) is 0 Å². The molecule has 0 saturated carbocycles. The minimum Gasteiger partial charge on any atom is -0.497 e. The lowest BCUT2D eigenvalue weighted by Gasteiger charge is -2.23. The van der Waals surface area contributed by atoms with Crippen molar-refractivity contribution < 1.29 is 14.4 Å². The van der Waals surface area contributed by atoms with Crippen molar-refractivity contribution in [2.45, 2.75) is 6.92 Å². The molecule has 0 unspecified atom stereocenters. The summed E-state index contributed by atoms with van der Waals surface area (Å²) < 4.78 is 10.8. The Morgan fingerprint density at radius 2 is 1.81 bits per heavy atom. The second-order valence-corrected chi connectivity index (χ2v) is 6.61. The van der Waals surface area contributed by atoms with Crippen LogP contribution in [0.2, 0.25) is 0 Å². The molecule has 3 aromatic rings. The molecule has 4 rings (SSSR count). The monoisotopic (exact) mass is 350 g/mol. The third kappa shape index (κ3) is 3.49. The second kappa shape index (κ2) is 7.32. The summed E-state index contributed by atoms with van der Waals surface area (Å²) in [6.45, 7) is 5.74. The number of aromatic nitrogens is 1. The molecule has 5 nitrogen and oxygen atoms in total. The van der Waals surface area contributed by atoms with Gasteiger partial charge in [-0.3, -0.25) is 9.88 Å². The summed E-state index contributed by atoms with van der Waals surface area (Å²) in [7, 11) is 1.68. The zero-order valence-corrected chi connectivity index (χ0v) is 15.2. The van der Waals surface area contributed by atoms with Crippen LogP contribution in [0.3, 0.4) is 0 Å². The van der Waals surface area contributed by atoms with Gasteiger partial charge in [0.25, 0.3) is 0 Å². The van der Waals surface area contributed by atoms with Gasteiger partial charge in [-0.05, 0) is 43.3 Å². The van der Waals surface area contributed by atoms with E-state index in [9.17, 15) is 0 Å². The van der Waals surface area contributed by atoms with E-state index in [1.807, 2.05) is 25.1 Å². The summed E-state index contributed by atoms with van der Waals surface area (Å²) in [6.07, 6.45) is 0. The fourth-order valence-corrected chi connectivity index (χ4v) is 3.42. The number of rotatable bonds is 4. The number of fused-ring (bicyclic) bond motifs is 1. The number of nitrogens with zero attached hydrogens (tertiary/aromatic N) is 1. The van der Waals surface area contributed by atoms with Crippen LogP contribution in [0.25, 0.3) is 10.9 Å². The predicted octanol–water partition coefficient (Wildman–Crippen LogP) is 2.84. The maximum atomic E-state index is 5.45. The van der Waals surface area contributed by atoms with Gasteiger partial charge in [0.15, 0.2) is 0 Å². The first-order valence-corrected chi connectivity index (χ1v) is 8.98. The van der Waals surface area contributed by atoms with Crippen LogP contribution in [0.5, 0.6) is 5.75 Å². The van der Waals surface area contributed by atoms with Crippen molar-refractivity contribution in [2.75, 3.05) is 38.7 Å². The van der Waals surface area contributed by atoms with Gasteiger partial charge in [-0.15, -0.1) is 0 Å². The highest BCUT2D eigenvalue weighted by molar-refractivity contribution is 5.94. The van der Waals surface area contributed by atoms with Crippen molar-refractivity contribution in [3.8, 4) is 5.75 Å². The molecule has 26 heavy (non-hydrogen) atoms. The molecule has 0 spiro atoms. The molecule has 1 saturated heterocycles. The highest BCUT2D eigenvalue weighted by Crippen LogP contribution is 2.29. The van der Waals surface area contributed by atoms with Crippen molar-refractivity contribution >= 4 is 28.0 Å². The maximum absolute atomic E-state index is 5.45. The average Bonchev–Trinajstić information content (AvgIpc) is 2.69. The molecule has 0 bridgehead atoms. The number of hydrogen-bond donors (Lipinski definition) is 2. The summed E-state index contributed by atoms with van der Waals surface area (Å²) >= 11 is 0. The van der Waals surface area contributed by atoms with Crippen molar-refractivity contribution in [3.05, 3.63) is 54.2 Å². The van der Waals surface area contributed by atoms with E-state index in [4.69, 9.17) is 9.47 Å². The molecule has 134 valence electrons. The number of quaternary nitrogens is 1.